The lowest BCUT2D eigenvalue weighted by Gasteiger charge is -1.99. The van der Waals surface area contributed by atoms with E-state index >= 15 is 0 Å². The molecular formula is C13H12N2O3. The molecule has 2 N–H and O–H groups in total. The predicted molar refractivity (Wildman–Crippen MR) is 68.3 cm³/mol. The summed E-state index contributed by atoms with van der Waals surface area (Å²) >= 11 is 0. The number of aromatic carboxylic acids is 1. The third-order valence-electron chi connectivity index (χ3n) is 3.22. The Labute approximate surface area is 103 Å². The number of carbonyl (C=O) groups is 1. The largest absolute Gasteiger partial charge is 0.497 e. The number of aromatic nitrogens is 2. The number of nitrogens with one attached hydrogen (secondary N) is 1. The maximum Gasteiger partial charge on any atom is 0.352 e. The Morgan fingerprint density at radius 2 is 2.11 bits per heavy atom. The van der Waals surface area contributed by atoms with Crippen LogP contribution < -0.4 is 4.74 Å². The summed E-state index contributed by atoms with van der Waals surface area (Å²) in [5.41, 5.74) is 2.01. The fourth-order valence-corrected chi connectivity index (χ4v) is 2.28. The van der Waals surface area contributed by atoms with Crippen LogP contribution in [0.2, 0.25) is 0 Å². The fraction of sp³-hybridized carbons (Fsp3) is 0.154. The van der Waals surface area contributed by atoms with Crippen LogP contribution in [-0.2, 0) is 7.05 Å². The highest BCUT2D eigenvalue weighted by Crippen LogP contribution is 2.30. The number of rotatable bonds is 2. The number of H-pyrrole nitrogens is 1. The van der Waals surface area contributed by atoms with E-state index in [-0.39, 0.29) is 5.69 Å². The van der Waals surface area contributed by atoms with Crippen LogP contribution in [0, 0.1) is 0 Å². The minimum Gasteiger partial charge on any atom is -0.497 e. The van der Waals surface area contributed by atoms with Gasteiger partial charge in [0.2, 0.25) is 0 Å². The lowest BCUT2D eigenvalue weighted by Crippen LogP contribution is -2.03. The van der Waals surface area contributed by atoms with E-state index in [0.29, 0.717) is 0 Å². The van der Waals surface area contributed by atoms with Gasteiger partial charge < -0.3 is 19.4 Å². The standard InChI is InChI=1S/C13H12N2O3/c1-15-11(13(16)17)6-9-8-4-3-7(18-2)5-10(8)14-12(9)15/h3-6,14H,1-2H3,(H,16,17). The van der Waals surface area contributed by atoms with Crippen molar-refractivity contribution in [2.75, 3.05) is 7.11 Å². The molecule has 3 rings (SSSR count). The molecule has 0 unspecified atom stereocenters. The SMILES string of the molecule is COc1ccc2c(c1)[nH]c1c2cc(C(=O)O)n1C. The minimum absolute atomic E-state index is 0.272. The van der Waals surface area contributed by atoms with Gasteiger partial charge in [0.05, 0.1) is 12.6 Å². The highest BCUT2D eigenvalue weighted by Gasteiger charge is 2.15. The molecule has 0 aliphatic carbocycles. The molecule has 0 bridgehead atoms. The van der Waals surface area contributed by atoms with E-state index in [2.05, 4.69) is 4.98 Å². The molecule has 0 fully saturated rings. The molecule has 0 spiro atoms. The van der Waals surface area contributed by atoms with Gasteiger partial charge in [0, 0.05) is 23.9 Å². The van der Waals surface area contributed by atoms with Crippen LogP contribution in [0.4, 0.5) is 0 Å². The van der Waals surface area contributed by atoms with Crippen molar-refractivity contribution in [3.63, 3.8) is 0 Å². The predicted octanol–water partition coefficient (Wildman–Crippen LogP) is 2.37. The van der Waals surface area contributed by atoms with Crippen molar-refractivity contribution in [2.45, 2.75) is 0 Å². The van der Waals surface area contributed by atoms with Crippen LogP contribution in [0.5, 0.6) is 5.75 Å². The van der Waals surface area contributed by atoms with E-state index in [1.165, 1.54) is 0 Å². The number of methoxy groups -OCH3 is 1. The summed E-state index contributed by atoms with van der Waals surface area (Å²) in [4.78, 5) is 14.3. The molecule has 0 atom stereocenters. The van der Waals surface area contributed by atoms with Gasteiger partial charge in [0.25, 0.3) is 0 Å². The Morgan fingerprint density at radius 3 is 2.78 bits per heavy atom. The Balaban J connectivity index is 2.36. The smallest absolute Gasteiger partial charge is 0.352 e. The van der Waals surface area contributed by atoms with E-state index in [0.717, 1.165) is 27.7 Å². The van der Waals surface area contributed by atoms with Crippen molar-refractivity contribution in [2.24, 2.45) is 7.05 Å². The van der Waals surface area contributed by atoms with Gasteiger partial charge in [-0.05, 0) is 18.2 Å². The second-order valence-electron chi connectivity index (χ2n) is 4.19. The highest BCUT2D eigenvalue weighted by molar-refractivity contribution is 6.09. The average Bonchev–Trinajstić information content (AvgIpc) is 2.86. The molecule has 5 nitrogen and oxygen atoms in total. The summed E-state index contributed by atoms with van der Waals surface area (Å²) in [7, 11) is 3.35. The maximum absolute atomic E-state index is 11.1. The molecule has 3 aromatic rings. The Hall–Kier alpha value is -2.43. The van der Waals surface area contributed by atoms with Crippen molar-refractivity contribution in [3.05, 3.63) is 30.0 Å². The number of hydrogen-bond donors (Lipinski definition) is 2. The zero-order chi connectivity index (χ0) is 12.9. The van der Waals surface area contributed by atoms with E-state index in [1.54, 1.807) is 24.8 Å². The number of benzene rings is 1. The van der Waals surface area contributed by atoms with E-state index in [4.69, 9.17) is 9.84 Å². The van der Waals surface area contributed by atoms with Crippen molar-refractivity contribution < 1.29 is 14.6 Å². The Morgan fingerprint density at radius 1 is 1.33 bits per heavy atom. The molecule has 0 amide bonds. The highest BCUT2D eigenvalue weighted by atomic mass is 16.5. The van der Waals surface area contributed by atoms with Crippen LogP contribution in [-0.4, -0.2) is 27.7 Å². The van der Waals surface area contributed by atoms with Gasteiger partial charge in [0.15, 0.2) is 0 Å². The summed E-state index contributed by atoms with van der Waals surface area (Å²) in [6.45, 7) is 0. The second-order valence-corrected chi connectivity index (χ2v) is 4.19. The number of carboxylic acids is 1. The first-order valence-electron chi connectivity index (χ1n) is 5.50. The molecular weight excluding hydrogens is 232 g/mol. The summed E-state index contributed by atoms with van der Waals surface area (Å²) in [5, 5.41) is 11.0. The van der Waals surface area contributed by atoms with Crippen LogP contribution in [0.3, 0.4) is 0 Å². The zero-order valence-electron chi connectivity index (χ0n) is 10.0. The summed E-state index contributed by atoms with van der Waals surface area (Å²) in [6, 6.07) is 7.38. The molecule has 2 heterocycles. The van der Waals surface area contributed by atoms with Gasteiger partial charge in [-0.15, -0.1) is 0 Å². The number of nitrogens with zero attached hydrogens (tertiary/aromatic N) is 1. The zero-order valence-corrected chi connectivity index (χ0v) is 10.0. The quantitative estimate of drug-likeness (QED) is 0.727. The molecule has 18 heavy (non-hydrogen) atoms. The molecule has 0 saturated carbocycles. The van der Waals surface area contributed by atoms with Crippen molar-refractivity contribution >= 4 is 27.9 Å². The van der Waals surface area contributed by atoms with Gasteiger partial charge in [-0.25, -0.2) is 4.79 Å². The average molecular weight is 244 g/mol. The topological polar surface area (TPSA) is 67.2 Å². The van der Waals surface area contributed by atoms with Gasteiger partial charge in [0.1, 0.15) is 17.1 Å². The third kappa shape index (κ3) is 1.30. The van der Waals surface area contributed by atoms with Gasteiger partial charge in [-0.1, -0.05) is 0 Å². The van der Waals surface area contributed by atoms with E-state index in [9.17, 15) is 4.79 Å². The number of fused-ring (bicyclic) bond motifs is 3. The molecule has 1 aromatic carbocycles. The first kappa shape index (κ1) is 10.7. The summed E-state index contributed by atoms with van der Waals surface area (Å²) in [5.74, 6) is -0.156. The van der Waals surface area contributed by atoms with Gasteiger partial charge >= 0.3 is 5.97 Å². The number of hydrogen-bond acceptors (Lipinski definition) is 2. The lowest BCUT2D eigenvalue weighted by molar-refractivity contribution is 0.0687. The molecule has 5 heteroatoms. The molecule has 0 saturated heterocycles. The minimum atomic E-state index is -0.927. The fourth-order valence-electron chi connectivity index (χ4n) is 2.28. The van der Waals surface area contributed by atoms with Crippen LogP contribution >= 0.6 is 0 Å². The molecule has 2 aromatic heterocycles. The molecule has 0 aliphatic rings. The molecule has 0 radical (unpaired) electrons. The lowest BCUT2D eigenvalue weighted by atomic mass is 10.2. The van der Waals surface area contributed by atoms with Crippen molar-refractivity contribution in [1.82, 2.24) is 9.55 Å². The first-order chi connectivity index (χ1) is 8.61. The van der Waals surface area contributed by atoms with Gasteiger partial charge in [-0.2, -0.15) is 0 Å². The number of ether oxygens (including phenoxy) is 1. The summed E-state index contributed by atoms with van der Waals surface area (Å²) < 4.78 is 6.81. The molecule has 92 valence electrons. The number of aryl methyl sites for hydroxylation is 1. The Kier molecular flexibility index (Phi) is 2.10. The first-order valence-corrected chi connectivity index (χ1v) is 5.50. The van der Waals surface area contributed by atoms with Crippen LogP contribution in [0.15, 0.2) is 24.3 Å². The third-order valence-corrected chi connectivity index (χ3v) is 3.22. The van der Waals surface area contributed by atoms with Crippen molar-refractivity contribution in [1.29, 1.82) is 0 Å². The monoisotopic (exact) mass is 244 g/mol. The number of aromatic amines is 1. The Bertz CT molecular complexity index is 767. The second kappa shape index (κ2) is 3.53. The number of carboxylic acid groups (broad SMARTS) is 1. The summed E-state index contributed by atoms with van der Waals surface area (Å²) in [6.07, 6.45) is 0. The maximum atomic E-state index is 11.1. The van der Waals surface area contributed by atoms with Crippen molar-refractivity contribution in [3.8, 4) is 5.75 Å². The van der Waals surface area contributed by atoms with Gasteiger partial charge in [-0.3, -0.25) is 0 Å². The van der Waals surface area contributed by atoms with E-state index in [1.807, 2.05) is 18.2 Å². The van der Waals surface area contributed by atoms with E-state index < -0.39 is 5.97 Å². The molecule has 0 aliphatic heterocycles. The normalized spacial score (nSPS) is 11.2. The van der Waals surface area contributed by atoms with Crippen LogP contribution in [0.25, 0.3) is 21.9 Å². The van der Waals surface area contributed by atoms with Crippen LogP contribution in [0.1, 0.15) is 10.5 Å².